The molecule has 2 fully saturated rings. The van der Waals surface area contributed by atoms with Gasteiger partial charge in [0.05, 0.1) is 54.3 Å². The van der Waals surface area contributed by atoms with Crippen molar-refractivity contribution < 1.29 is 43.2 Å². The molecule has 0 spiro atoms. The summed E-state index contributed by atoms with van der Waals surface area (Å²) < 4.78 is 22.0. The van der Waals surface area contributed by atoms with Gasteiger partial charge in [0.25, 0.3) is 0 Å². The Hall–Kier alpha value is -6.20. The highest BCUT2D eigenvalue weighted by Crippen LogP contribution is 2.44. The second-order valence-corrected chi connectivity index (χ2v) is 16.5. The smallest absolute Gasteiger partial charge is 0.407 e. The van der Waals surface area contributed by atoms with Crippen LogP contribution in [-0.4, -0.2) is 117 Å². The van der Waals surface area contributed by atoms with E-state index in [1.165, 1.54) is 21.3 Å². The summed E-state index contributed by atoms with van der Waals surface area (Å²) in [4.78, 5) is 71.7. The topological polar surface area (TPSA) is 213 Å². The maximum Gasteiger partial charge on any atom is 0.407 e. The minimum absolute atomic E-state index is 0.0781. The number of nitrogens with zero attached hydrogens (tertiary/aromatic N) is 4. The maximum atomic E-state index is 13.9. The number of amides is 4. The van der Waals surface area contributed by atoms with Gasteiger partial charge in [-0.1, -0.05) is 25.1 Å². The van der Waals surface area contributed by atoms with Gasteiger partial charge in [-0.05, 0) is 92.3 Å². The third-order valence-electron chi connectivity index (χ3n) is 12.6. The van der Waals surface area contributed by atoms with Crippen LogP contribution in [0.4, 0.5) is 9.59 Å². The number of fused-ring (bicyclic) bond motifs is 6. The number of carbonyl (C=O) groups is 4. The quantitative estimate of drug-likeness (QED) is 0.103. The predicted octanol–water partition coefficient (Wildman–Crippen LogP) is 6.06. The van der Waals surface area contributed by atoms with Crippen LogP contribution in [0.2, 0.25) is 0 Å². The van der Waals surface area contributed by atoms with Crippen LogP contribution in [-0.2, 0) is 30.4 Å². The first-order valence-electron chi connectivity index (χ1n) is 20.6. The number of carbonyl (C=O) groups excluding carboxylic acids is 3. The van der Waals surface area contributed by atoms with Gasteiger partial charge in [0.15, 0.2) is 0 Å². The molecular weight excluding hydrogens is 785 g/mol. The lowest BCUT2D eigenvalue weighted by Crippen LogP contribution is -2.55. The number of hydrogen-bond donors (Lipinski definition) is 5. The van der Waals surface area contributed by atoms with Crippen molar-refractivity contribution >= 4 is 45.8 Å². The number of H-pyrrole nitrogens is 2. The van der Waals surface area contributed by atoms with Crippen molar-refractivity contribution in [2.24, 2.45) is 5.92 Å². The summed E-state index contributed by atoms with van der Waals surface area (Å²) in [5, 5.41) is 16.4. The van der Waals surface area contributed by atoms with Crippen LogP contribution in [0.3, 0.4) is 0 Å². The number of imidazole rings is 2. The Morgan fingerprint density at radius 3 is 2.36 bits per heavy atom. The molecule has 5 N–H and O–H groups in total. The van der Waals surface area contributed by atoms with Gasteiger partial charge in [-0.25, -0.2) is 19.6 Å². The molecule has 2 saturated heterocycles. The molecule has 0 saturated carbocycles. The molecule has 2 aromatic heterocycles. The van der Waals surface area contributed by atoms with Crippen LogP contribution in [0.1, 0.15) is 76.3 Å². The number of aromatic amines is 2. The molecule has 5 heterocycles. The van der Waals surface area contributed by atoms with E-state index in [0.29, 0.717) is 37.6 Å². The number of alkyl carbamates (subject to hydrolysis) is 1. The summed E-state index contributed by atoms with van der Waals surface area (Å²) >= 11 is 0. The third kappa shape index (κ3) is 7.71. The highest BCUT2D eigenvalue weighted by Gasteiger charge is 2.43. The van der Waals surface area contributed by atoms with Crippen molar-refractivity contribution in [1.29, 1.82) is 0 Å². The summed E-state index contributed by atoms with van der Waals surface area (Å²) in [6, 6.07) is 11.6. The number of ether oxygens (including phenoxy) is 4. The molecule has 5 aromatic rings. The fourth-order valence-electron chi connectivity index (χ4n) is 9.15. The minimum Gasteiger partial charge on any atom is -0.488 e. The van der Waals surface area contributed by atoms with Gasteiger partial charge in [-0.3, -0.25) is 9.59 Å². The van der Waals surface area contributed by atoms with E-state index in [0.717, 1.165) is 61.9 Å². The number of nitrogens with one attached hydrogen (secondary N) is 4. The number of likely N-dealkylation sites (tertiary alicyclic amines) is 2. The van der Waals surface area contributed by atoms with E-state index < -0.39 is 36.5 Å². The summed E-state index contributed by atoms with van der Waals surface area (Å²) in [7, 11) is 4.20. The molecule has 8 rings (SSSR count). The molecular formula is C44H52N8O9. The standard InChI is InChI=1S/C44H52N8O9/c1-21-14-34(51(19-21)41(53)36(23(3)58-5)49-43(55)56)40-46-31-12-10-25-16-30-28-11-9-26(15-27(28)20-61-35(30)17-29(25)38(31)48-40)32-18-45-39(47-32)33-13-8-22(2)52(33)42(54)37(24(4)59-6)50-44(57)60-7/h9-12,15-18,21-24,33-34,36-37,49H,8,13-14,19-20H2,1-7H3,(H,45,47)(H,46,48)(H,50,57)(H,55,56)/t21?,22-,23+,24?,33-,34-,36-,37-/m0/s1. The highest BCUT2D eigenvalue weighted by atomic mass is 16.5. The highest BCUT2D eigenvalue weighted by molar-refractivity contribution is 6.07. The van der Waals surface area contributed by atoms with Gasteiger partial charge in [0.2, 0.25) is 11.8 Å². The van der Waals surface area contributed by atoms with Crippen LogP contribution in [0.25, 0.3) is 44.2 Å². The van der Waals surface area contributed by atoms with Crippen LogP contribution in [0, 0.1) is 5.92 Å². The molecule has 0 radical (unpaired) electrons. The lowest BCUT2D eigenvalue weighted by molar-refractivity contribution is -0.139. The van der Waals surface area contributed by atoms with Crippen LogP contribution < -0.4 is 15.4 Å². The Morgan fingerprint density at radius 2 is 1.64 bits per heavy atom. The first-order chi connectivity index (χ1) is 29.3. The van der Waals surface area contributed by atoms with Crippen LogP contribution in [0.5, 0.6) is 5.75 Å². The zero-order valence-electron chi connectivity index (χ0n) is 35.3. The van der Waals surface area contributed by atoms with E-state index in [-0.39, 0.29) is 35.9 Å². The SMILES string of the molecule is COC(=O)N[C@H](C(=O)N1[C@@H](C)CC[C@H]1c1ncc(-c2ccc3c(c2)COc2cc4c(ccc5nc([C@@H]6CC(C)CN6C(=O)[C@@H](NC(=O)O)[C@@H](C)OC)[nH]c54)cc2-3)[nH]1)C(C)OC. The number of benzene rings is 3. The average molecular weight is 837 g/mol. The lowest BCUT2D eigenvalue weighted by atomic mass is 9.92. The van der Waals surface area contributed by atoms with E-state index in [4.69, 9.17) is 28.9 Å². The number of rotatable bonds is 11. The maximum absolute atomic E-state index is 13.9. The molecule has 8 atom stereocenters. The summed E-state index contributed by atoms with van der Waals surface area (Å²) in [6.45, 7) is 8.28. The summed E-state index contributed by atoms with van der Waals surface area (Å²) in [5.41, 5.74) is 6.34. The number of hydrogen-bond acceptors (Lipinski definition) is 10. The second kappa shape index (κ2) is 16.7. The van der Waals surface area contributed by atoms with Crippen molar-refractivity contribution in [3.8, 4) is 28.1 Å². The van der Waals surface area contributed by atoms with E-state index >= 15 is 0 Å². The van der Waals surface area contributed by atoms with Gasteiger partial charge in [-0.15, -0.1) is 0 Å². The first-order valence-corrected chi connectivity index (χ1v) is 20.6. The molecule has 61 heavy (non-hydrogen) atoms. The Labute approximate surface area is 352 Å². The largest absolute Gasteiger partial charge is 0.488 e. The molecule has 3 aromatic carbocycles. The van der Waals surface area contributed by atoms with Crippen LogP contribution >= 0.6 is 0 Å². The van der Waals surface area contributed by atoms with Crippen molar-refractivity contribution in [3.63, 3.8) is 0 Å². The Morgan fingerprint density at radius 1 is 0.885 bits per heavy atom. The average Bonchev–Trinajstić information content (AvgIpc) is 4.08. The van der Waals surface area contributed by atoms with E-state index in [1.54, 1.807) is 29.8 Å². The van der Waals surface area contributed by atoms with Crippen molar-refractivity contribution in [3.05, 3.63) is 65.9 Å². The Kier molecular flexibility index (Phi) is 11.4. The van der Waals surface area contributed by atoms with Gasteiger partial charge >= 0.3 is 12.2 Å². The Bertz CT molecular complexity index is 2500. The van der Waals surface area contributed by atoms with Crippen LogP contribution in [0.15, 0.2) is 48.7 Å². The fourth-order valence-corrected chi connectivity index (χ4v) is 9.15. The first kappa shape index (κ1) is 41.5. The number of carboxylic acid groups (broad SMARTS) is 1. The van der Waals surface area contributed by atoms with Crippen molar-refractivity contribution in [1.82, 2.24) is 40.4 Å². The lowest BCUT2D eigenvalue weighted by Gasteiger charge is -2.33. The fraction of sp³-hybridized carbons (Fsp3) is 0.455. The molecule has 3 aliphatic heterocycles. The molecule has 2 unspecified atom stereocenters. The zero-order chi connectivity index (χ0) is 43.3. The van der Waals surface area contributed by atoms with E-state index in [9.17, 15) is 24.3 Å². The molecule has 0 aliphatic carbocycles. The van der Waals surface area contributed by atoms with Crippen molar-refractivity contribution in [2.45, 2.75) is 96.0 Å². The molecule has 4 amide bonds. The van der Waals surface area contributed by atoms with Gasteiger partial charge < -0.3 is 54.5 Å². The van der Waals surface area contributed by atoms with E-state index in [2.05, 4.69) is 51.8 Å². The predicted molar refractivity (Wildman–Crippen MR) is 225 cm³/mol. The third-order valence-corrected chi connectivity index (χ3v) is 12.6. The Balaban J connectivity index is 1.05. The molecule has 322 valence electrons. The minimum atomic E-state index is -1.29. The zero-order valence-corrected chi connectivity index (χ0v) is 35.3. The number of methoxy groups -OCH3 is 3. The monoisotopic (exact) mass is 836 g/mol. The summed E-state index contributed by atoms with van der Waals surface area (Å²) in [6.07, 6.45) is 0.691. The summed E-state index contributed by atoms with van der Waals surface area (Å²) in [5.74, 6) is 1.60. The van der Waals surface area contributed by atoms with Crippen molar-refractivity contribution in [2.75, 3.05) is 27.9 Å². The van der Waals surface area contributed by atoms with E-state index in [1.807, 2.05) is 25.1 Å². The van der Waals surface area contributed by atoms with Gasteiger partial charge in [0, 0.05) is 37.8 Å². The normalized spacial score (nSPS) is 21.6. The molecule has 0 bridgehead atoms. The molecule has 17 nitrogen and oxygen atoms in total. The number of aromatic nitrogens is 4. The second-order valence-electron chi connectivity index (χ2n) is 16.5. The molecule has 17 heteroatoms. The van der Waals surface area contributed by atoms with Gasteiger partial charge in [-0.2, -0.15) is 0 Å². The molecule has 3 aliphatic rings. The van der Waals surface area contributed by atoms with Gasteiger partial charge in [0.1, 0.15) is 36.1 Å².